The van der Waals surface area contributed by atoms with E-state index in [0.717, 1.165) is 36.6 Å². The fraction of sp³-hybridized carbons (Fsp3) is 0.556. The second kappa shape index (κ2) is 8.58. The van der Waals surface area contributed by atoms with Gasteiger partial charge in [0.1, 0.15) is 5.75 Å². The topological polar surface area (TPSA) is 70.7 Å². The lowest BCUT2D eigenvalue weighted by Gasteiger charge is -2.28. The van der Waals surface area contributed by atoms with Crippen LogP contribution in [-0.2, 0) is 9.59 Å². The first-order chi connectivity index (χ1) is 12.2. The first-order valence-corrected chi connectivity index (χ1v) is 9.92. The standard InChI is InChI=1S/C18H25N3O3S/c1-24-16-6-5-13(10-15(16)21-8-3-2-4-18(21)23)20-17(22)11-14-12-25-9-7-19-14/h5-6,10,14,19H,2-4,7-9,11-12H2,1H3,(H,20,22). The Bertz CT molecular complexity index is 632. The molecule has 0 bridgehead atoms. The fourth-order valence-electron chi connectivity index (χ4n) is 3.23. The van der Waals surface area contributed by atoms with Crippen LogP contribution in [0.3, 0.4) is 0 Å². The molecule has 2 amide bonds. The summed E-state index contributed by atoms with van der Waals surface area (Å²) in [5, 5.41) is 6.32. The maximum absolute atomic E-state index is 12.3. The Labute approximate surface area is 152 Å². The van der Waals surface area contributed by atoms with Crippen LogP contribution in [0.4, 0.5) is 11.4 Å². The minimum absolute atomic E-state index is 0.0129. The van der Waals surface area contributed by atoms with Crippen LogP contribution in [0.15, 0.2) is 18.2 Å². The van der Waals surface area contributed by atoms with Crippen molar-refractivity contribution in [3.8, 4) is 5.75 Å². The molecule has 2 aliphatic rings. The lowest BCUT2D eigenvalue weighted by Crippen LogP contribution is -2.40. The molecule has 0 aliphatic carbocycles. The molecule has 1 unspecified atom stereocenters. The molecule has 7 heteroatoms. The number of nitrogens with one attached hydrogen (secondary N) is 2. The van der Waals surface area contributed by atoms with Crippen molar-refractivity contribution in [2.75, 3.05) is 41.9 Å². The predicted molar refractivity (Wildman–Crippen MR) is 102 cm³/mol. The van der Waals surface area contributed by atoms with Gasteiger partial charge in [0.15, 0.2) is 0 Å². The van der Waals surface area contributed by atoms with Crippen LogP contribution in [0, 0.1) is 0 Å². The minimum Gasteiger partial charge on any atom is -0.495 e. The molecule has 136 valence electrons. The summed E-state index contributed by atoms with van der Waals surface area (Å²) in [7, 11) is 1.60. The summed E-state index contributed by atoms with van der Waals surface area (Å²) < 4.78 is 5.41. The van der Waals surface area contributed by atoms with Gasteiger partial charge < -0.3 is 20.3 Å². The number of anilines is 2. The Hall–Kier alpha value is -1.73. The maximum Gasteiger partial charge on any atom is 0.227 e. The number of hydrogen-bond donors (Lipinski definition) is 2. The minimum atomic E-state index is -0.0129. The molecule has 3 rings (SSSR count). The Morgan fingerprint density at radius 3 is 3.04 bits per heavy atom. The number of amides is 2. The molecule has 1 aromatic rings. The summed E-state index contributed by atoms with van der Waals surface area (Å²) in [6.07, 6.45) is 2.93. The van der Waals surface area contributed by atoms with E-state index in [1.54, 1.807) is 12.0 Å². The molecule has 6 nitrogen and oxygen atoms in total. The highest BCUT2D eigenvalue weighted by Crippen LogP contribution is 2.33. The average Bonchev–Trinajstić information content (AvgIpc) is 2.63. The first-order valence-electron chi connectivity index (χ1n) is 8.77. The number of rotatable bonds is 5. The van der Waals surface area contributed by atoms with Crippen LogP contribution in [0.1, 0.15) is 25.7 Å². The van der Waals surface area contributed by atoms with E-state index in [1.165, 1.54) is 0 Å². The van der Waals surface area contributed by atoms with Crippen molar-refractivity contribution >= 4 is 35.0 Å². The zero-order chi connectivity index (χ0) is 17.6. The summed E-state index contributed by atoms with van der Waals surface area (Å²) >= 11 is 1.87. The third kappa shape index (κ3) is 4.67. The number of hydrogen-bond acceptors (Lipinski definition) is 5. The van der Waals surface area contributed by atoms with Crippen molar-refractivity contribution in [1.29, 1.82) is 0 Å². The third-order valence-corrected chi connectivity index (χ3v) is 5.64. The molecule has 2 saturated heterocycles. The number of thioether (sulfide) groups is 1. The van der Waals surface area contributed by atoms with Crippen LogP contribution in [-0.4, -0.2) is 49.6 Å². The molecule has 0 saturated carbocycles. The number of carbonyl (C=O) groups is 2. The Morgan fingerprint density at radius 2 is 2.32 bits per heavy atom. The Balaban J connectivity index is 1.70. The highest BCUT2D eigenvalue weighted by molar-refractivity contribution is 7.99. The molecule has 2 N–H and O–H groups in total. The molecular weight excluding hydrogens is 338 g/mol. The zero-order valence-electron chi connectivity index (χ0n) is 14.5. The monoisotopic (exact) mass is 363 g/mol. The van der Waals surface area contributed by atoms with Crippen molar-refractivity contribution in [2.45, 2.75) is 31.7 Å². The van der Waals surface area contributed by atoms with Crippen molar-refractivity contribution in [1.82, 2.24) is 5.32 Å². The number of carbonyl (C=O) groups excluding carboxylic acids is 2. The SMILES string of the molecule is COc1ccc(NC(=O)CC2CSCCN2)cc1N1CCCCC1=O. The van der Waals surface area contributed by atoms with Crippen LogP contribution >= 0.6 is 11.8 Å². The number of benzene rings is 1. The lowest BCUT2D eigenvalue weighted by atomic mass is 10.1. The van der Waals surface area contributed by atoms with Gasteiger partial charge >= 0.3 is 0 Å². The van der Waals surface area contributed by atoms with E-state index in [4.69, 9.17) is 4.74 Å². The molecule has 0 radical (unpaired) electrons. The van der Waals surface area contributed by atoms with Crippen LogP contribution < -0.4 is 20.3 Å². The van der Waals surface area contributed by atoms with Gasteiger partial charge in [-0.15, -0.1) is 0 Å². The van der Waals surface area contributed by atoms with E-state index in [0.29, 0.717) is 30.8 Å². The summed E-state index contributed by atoms with van der Waals surface area (Å²) in [5.74, 6) is 2.81. The molecule has 25 heavy (non-hydrogen) atoms. The van der Waals surface area contributed by atoms with Gasteiger partial charge in [-0.3, -0.25) is 9.59 Å². The Morgan fingerprint density at radius 1 is 1.44 bits per heavy atom. The lowest BCUT2D eigenvalue weighted by molar-refractivity contribution is -0.119. The second-order valence-electron chi connectivity index (χ2n) is 6.37. The number of piperidine rings is 1. The maximum atomic E-state index is 12.3. The smallest absolute Gasteiger partial charge is 0.227 e. The number of methoxy groups -OCH3 is 1. The van der Waals surface area contributed by atoms with Crippen molar-refractivity contribution in [2.24, 2.45) is 0 Å². The Kier molecular flexibility index (Phi) is 6.20. The highest BCUT2D eigenvalue weighted by atomic mass is 32.2. The largest absolute Gasteiger partial charge is 0.495 e. The molecule has 1 aromatic carbocycles. The fourth-order valence-corrected chi connectivity index (χ4v) is 4.17. The van der Waals surface area contributed by atoms with Gasteiger partial charge in [0, 0.05) is 49.2 Å². The first kappa shape index (κ1) is 18.1. The molecular formula is C18H25N3O3S. The van der Waals surface area contributed by atoms with E-state index in [9.17, 15) is 9.59 Å². The molecule has 1 atom stereocenters. The highest BCUT2D eigenvalue weighted by Gasteiger charge is 2.23. The van der Waals surface area contributed by atoms with Gasteiger partial charge in [0.2, 0.25) is 11.8 Å². The van der Waals surface area contributed by atoms with E-state index in [2.05, 4.69) is 10.6 Å². The van der Waals surface area contributed by atoms with Gasteiger partial charge in [-0.2, -0.15) is 11.8 Å². The number of nitrogens with zero attached hydrogens (tertiary/aromatic N) is 1. The van der Waals surface area contributed by atoms with Gasteiger partial charge in [0.25, 0.3) is 0 Å². The van der Waals surface area contributed by atoms with E-state index < -0.39 is 0 Å². The normalized spacial score (nSPS) is 21.1. The van der Waals surface area contributed by atoms with E-state index >= 15 is 0 Å². The van der Waals surface area contributed by atoms with Crippen LogP contribution in [0.5, 0.6) is 5.75 Å². The van der Waals surface area contributed by atoms with Gasteiger partial charge in [0.05, 0.1) is 12.8 Å². The van der Waals surface area contributed by atoms with Gasteiger partial charge in [-0.05, 0) is 31.0 Å². The van der Waals surface area contributed by atoms with Crippen molar-refractivity contribution in [3.63, 3.8) is 0 Å². The van der Waals surface area contributed by atoms with Crippen molar-refractivity contribution < 1.29 is 14.3 Å². The van der Waals surface area contributed by atoms with Crippen molar-refractivity contribution in [3.05, 3.63) is 18.2 Å². The summed E-state index contributed by atoms with van der Waals surface area (Å²) in [6, 6.07) is 5.68. The predicted octanol–water partition coefficient (Wildman–Crippen LogP) is 2.25. The molecule has 2 aliphatic heterocycles. The molecule has 0 aromatic heterocycles. The average molecular weight is 363 g/mol. The van der Waals surface area contributed by atoms with Crippen LogP contribution in [0.2, 0.25) is 0 Å². The van der Waals surface area contributed by atoms with E-state index in [-0.39, 0.29) is 17.9 Å². The summed E-state index contributed by atoms with van der Waals surface area (Å²) in [5.41, 5.74) is 1.43. The zero-order valence-corrected chi connectivity index (χ0v) is 15.4. The second-order valence-corrected chi connectivity index (χ2v) is 7.52. The summed E-state index contributed by atoms with van der Waals surface area (Å²) in [4.78, 5) is 26.3. The molecule has 0 spiro atoms. The van der Waals surface area contributed by atoms with Crippen LogP contribution in [0.25, 0.3) is 0 Å². The summed E-state index contributed by atoms with van der Waals surface area (Å²) in [6.45, 7) is 1.64. The molecule has 2 heterocycles. The van der Waals surface area contributed by atoms with Gasteiger partial charge in [-0.25, -0.2) is 0 Å². The quantitative estimate of drug-likeness (QED) is 0.840. The van der Waals surface area contributed by atoms with Gasteiger partial charge in [-0.1, -0.05) is 0 Å². The number of ether oxygens (including phenoxy) is 1. The molecule has 2 fully saturated rings. The third-order valence-electron chi connectivity index (χ3n) is 4.51. The van der Waals surface area contributed by atoms with E-state index in [1.807, 2.05) is 30.0 Å².